The Bertz CT molecular complexity index is 1720. The summed E-state index contributed by atoms with van der Waals surface area (Å²) in [6.07, 6.45) is 0. The third-order valence-electron chi connectivity index (χ3n) is 6.00. The molecule has 0 unspecified atom stereocenters. The van der Waals surface area contributed by atoms with Crippen LogP contribution in [0.25, 0.3) is 44.5 Å². The zero-order chi connectivity index (χ0) is 23.8. The van der Waals surface area contributed by atoms with Gasteiger partial charge in [-0.15, -0.1) is 0 Å². The van der Waals surface area contributed by atoms with E-state index < -0.39 is 0 Å². The number of aromatic nitrogens is 1. The number of rotatable bonds is 4. The Kier molecular flexibility index (Phi) is 5.28. The molecule has 5 heteroatoms. The van der Waals surface area contributed by atoms with Crippen molar-refractivity contribution in [2.75, 3.05) is 5.32 Å². The molecule has 6 rings (SSSR count). The van der Waals surface area contributed by atoms with Crippen molar-refractivity contribution in [2.45, 2.75) is 0 Å². The number of benzene rings is 4. The van der Waals surface area contributed by atoms with Crippen LogP contribution in [0.3, 0.4) is 0 Å². The molecule has 0 aliphatic heterocycles. The number of carbonyl (C=O) groups is 1. The molecule has 0 bridgehead atoms. The Balaban J connectivity index is 1.43. The third-order valence-corrected chi connectivity index (χ3v) is 6.33. The van der Waals surface area contributed by atoms with E-state index in [0.717, 1.165) is 27.4 Å². The van der Waals surface area contributed by atoms with E-state index in [1.54, 1.807) is 6.07 Å². The number of pyridine rings is 1. The van der Waals surface area contributed by atoms with E-state index in [1.165, 1.54) is 0 Å². The number of nitrogens with one attached hydrogen (secondary N) is 1. The topological polar surface area (TPSA) is 55.1 Å². The molecule has 4 nitrogen and oxygen atoms in total. The average Bonchev–Trinajstić information content (AvgIpc) is 3.39. The quantitative estimate of drug-likeness (QED) is 0.280. The van der Waals surface area contributed by atoms with Gasteiger partial charge in [0, 0.05) is 22.0 Å². The van der Waals surface area contributed by atoms with Gasteiger partial charge in [-0.2, -0.15) is 0 Å². The molecule has 4 aromatic carbocycles. The molecule has 0 radical (unpaired) electrons. The minimum absolute atomic E-state index is 0.209. The fourth-order valence-corrected chi connectivity index (χ4v) is 4.52. The number of furan rings is 1. The molecular formula is C30H19ClN2O2. The minimum Gasteiger partial charge on any atom is -0.454 e. The molecule has 0 atom stereocenters. The summed E-state index contributed by atoms with van der Waals surface area (Å²) in [5.41, 5.74) is 3.37. The normalized spacial score (nSPS) is 11.1. The monoisotopic (exact) mass is 474 g/mol. The predicted octanol–water partition coefficient (Wildman–Crippen LogP) is 8.22. The summed E-state index contributed by atoms with van der Waals surface area (Å²) in [6, 6.07) is 34.5. The first-order valence-electron chi connectivity index (χ1n) is 11.2. The van der Waals surface area contributed by atoms with Gasteiger partial charge in [-0.3, -0.25) is 4.79 Å². The first-order valence-corrected chi connectivity index (χ1v) is 11.6. The molecule has 0 spiro atoms. The fraction of sp³-hybridized carbons (Fsp3) is 0. The lowest BCUT2D eigenvalue weighted by Gasteiger charge is -2.11. The number of anilines is 1. The highest BCUT2D eigenvalue weighted by Crippen LogP contribution is 2.33. The maximum atomic E-state index is 13.5. The second kappa shape index (κ2) is 8.75. The van der Waals surface area contributed by atoms with E-state index in [4.69, 9.17) is 21.0 Å². The molecule has 168 valence electrons. The molecule has 0 saturated heterocycles. The zero-order valence-electron chi connectivity index (χ0n) is 18.5. The summed E-state index contributed by atoms with van der Waals surface area (Å²) >= 11 is 6.35. The summed E-state index contributed by atoms with van der Waals surface area (Å²) in [5, 5.41) is 6.52. The maximum Gasteiger partial charge on any atom is 0.256 e. The highest BCUT2D eigenvalue weighted by atomic mass is 35.5. The van der Waals surface area contributed by atoms with Crippen LogP contribution in [0.2, 0.25) is 5.02 Å². The molecule has 35 heavy (non-hydrogen) atoms. The number of halogens is 1. The Morgan fingerprint density at radius 3 is 2.34 bits per heavy atom. The van der Waals surface area contributed by atoms with E-state index in [0.29, 0.717) is 33.3 Å². The molecule has 0 fully saturated rings. The van der Waals surface area contributed by atoms with Crippen LogP contribution in [0.5, 0.6) is 0 Å². The van der Waals surface area contributed by atoms with Crippen LogP contribution in [0, 0.1) is 0 Å². The average molecular weight is 475 g/mol. The molecule has 0 aliphatic carbocycles. The van der Waals surface area contributed by atoms with Crippen molar-refractivity contribution in [2.24, 2.45) is 0 Å². The molecule has 2 heterocycles. The number of hydrogen-bond donors (Lipinski definition) is 1. The Morgan fingerprint density at radius 1 is 0.743 bits per heavy atom. The minimum atomic E-state index is -0.209. The van der Waals surface area contributed by atoms with Gasteiger partial charge in [0.15, 0.2) is 5.76 Å². The van der Waals surface area contributed by atoms with Gasteiger partial charge in [0.25, 0.3) is 5.91 Å². The number of carbonyl (C=O) groups excluding carboxylic acids is 1. The Morgan fingerprint density at radius 2 is 1.46 bits per heavy atom. The van der Waals surface area contributed by atoms with E-state index in [-0.39, 0.29) is 5.91 Å². The van der Waals surface area contributed by atoms with Crippen LogP contribution >= 0.6 is 11.6 Å². The summed E-state index contributed by atoms with van der Waals surface area (Å²) in [6.45, 7) is 0. The lowest BCUT2D eigenvalue weighted by atomic mass is 10.0. The molecule has 0 saturated carbocycles. The summed E-state index contributed by atoms with van der Waals surface area (Å²) in [5.74, 6) is 0.992. The first kappa shape index (κ1) is 21.1. The van der Waals surface area contributed by atoms with E-state index in [1.807, 2.05) is 103 Å². The standard InChI is InChI=1S/C30H19ClN2O2/c31-24-13-5-3-12-22(24)28-16-17-29(35-28)27-18-23(21-11-4-6-14-26(21)32-27)30(34)33-25-15-7-9-19-8-1-2-10-20(19)25/h1-18H,(H,33,34). The third kappa shape index (κ3) is 3.94. The van der Waals surface area contributed by atoms with Crippen LogP contribution in [0.1, 0.15) is 10.4 Å². The highest BCUT2D eigenvalue weighted by Gasteiger charge is 2.17. The Labute approximate surface area is 206 Å². The predicted molar refractivity (Wildman–Crippen MR) is 142 cm³/mol. The van der Waals surface area contributed by atoms with Crippen LogP contribution in [0.15, 0.2) is 114 Å². The van der Waals surface area contributed by atoms with Crippen molar-refractivity contribution >= 4 is 44.9 Å². The molecule has 1 N–H and O–H groups in total. The van der Waals surface area contributed by atoms with E-state index in [9.17, 15) is 4.79 Å². The second-order valence-electron chi connectivity index (χ2n) is 8.20. The van der Waals surface area contributed by atoms with Crippen LogP contribution in [-0.2, 0) is 0 Å². The Hall–Kier alpha value is -4.41. The summed E-state index contributed by atoms with van der Waals surface area (Å²) in [4.78, 5) is 18.3. The van der Waals surface area contributed by atoms with Crippen molar-refractivity contribution in [3.8, 4) is 22.8 Å². The molecular weight excluding hydrogens is 456 g/mol. The summed E-state index contributed by atoms with van der Waals surface area (Å²) in [7, 11) is 0. The molecule has 2 aromatic heterocycles. The van der Waals surface area contributed by atoms with E-state index >= 15 is 0 Å². The molecule has 0 aliphatic rings. The first-order chi connectivity index (χ1) is 17.2. The van der Waals surface area contributed by atoms with Gasteiger partial charge >= 0.3 is 0 Å². The van der Waals surface area contributed by atoms with Crippen LogP contribution < -0.4 is 5.32 Å². The smallest absolute Gasteiger partial charge is 0.256 e. The highest BCUT2D eigenvalue weighted by molar-refractivity contribution is 6.33. The van der Waals surface area contributed by atoms with Gasteiger partial charge in [-0.1, -0.05) is 78.3 Å². The van der Waals surface area contributed by atoms with E-state index in [2.05, 4.69) is 5.32 Å². The number of amides is 1. The van der Waals surface area contributed by atoms with Gasteiger partial charge in [-0.05, 0) is 47.9 Å². The van der Waals surface area contributed by atoms with Gasteiger partial charge in [0.1, 0.15) is 11.5 Å². The van der Waals surface area contributed by atoms with Crippen molar-refractivity contribution in [3.63, 3.8) is 0 Å². The molecule has 6 aromatic rings. The fourth-order valence-electron chi connectivity index (χ4n) is 4.29. The number of hydrogen-bond acceptors (Lipinski definition) is 3. The largest absolute Gasteiger partial charge is 0.454 e. The van der Waals surface area contributed by atoms with Crippen LogP contribution in [-0.4, -0.2) is 10.9 Å². The number of para-hydroxylation sites is 1. The number of fused-ring (bicyclic) bond motifs is 2. The second-order valence-corrected chi connectivity index (χ2v) is 8.60. The van der Waals surface area contributed by atoms with Gasteiger partial charge in [-0.25, -0.2) is 4.98 Å². The molecule has 1 amide bonds. The lowest BCUT2D eigenvalue weighted by Crippen LogP contribution is -2.13. The van der Waals surface area contributed by atoms with Crippen molar-refractivity contribution in [1.82, 2.24) is 4.98 Å². The zero-order valence-corrected chi connectivity index (χ0v) is 19.3. The van der Waals surface area contributed by atoms with Gasteiger partial charge in [0.05, 0.1) is 16.1 Å². The maximum absolute atomic E-state index is 13.5. The lowest BCUT2D eigenvalue weighted by molar-refractivity contribution is 0.102. The van der Waals surface area contributed by atoms with Crippen LogP contribution in [0.4, 0.5) is 5.69 Å². The summed E-state index contributed by atoms with van der Waals surface area (Å²) < 4.78 is 6.12. The van der Waals surface area contributed by atoms with Gasteiger partial charge in [0.2, 0.25) is 0 Å². The van der Waals surface area contributed by atoms with Crippen molar-refractivity contribution in [3.05, 3.63) is 120 Å². The van der Waals surface area contributed by atoms with Gasteiger partial charge < -0.3 is 9.73 Å². The van der Waals surface area contributed by atoms with Crippen molar-refractivity contribution in [1.29, 1.82) is 0 Å². The SMILES string of the molecule is O=C(Nc1cccc2ccccc12)c1cc(-c2ccc(-c3ccccc3Cl)o2)nc2ccccc12. The number of nitrogens with zero attached hydrogens (tertiary/aromatic N) is 1. The van der Waals surface area contributed by atoms with Crippen molar-refractivity contribution < 1.29 is 9.21 Å².